The highest BCUT2D eigenvalue weighted by Gasteiger charge is 2.42. The number of para-hydroxylation sites is 1. The van der Waals surface area contributed by atoms with Crippen LogP contribution in [0.5, 0.6) is 5.75 Å². The number of benzene rings is 2. The average Bonchev–Trinajstić information content (AvgIpc) is 3.21. The van der Waals surface area contributed by atoms with E-state index in [1.807, 2.05) is 30.3 Å². The molecule has 0 spiro atoms. The van der Waals surface area contributed by atoms with Crippen LogP contribution in [0.1, 0.15) is 27.7 Å². The zero-order valence-corrected chi connectivity index (χ0v) is 16.2. The summed E-state index contributed by atoms with van der Waals surface area (Å²) in [6, 6.07) is 14.6. The molecular weight excluding hydrogens is 410 g/mol. The van der Waals surface area contributed by atoms with Crippen LogP contribution < -0.4 is 0 Å². The van der Waals surface area contributed by atoms with Crippen LogP contribution in [0.4, 0.5) is 0 Å². The second-order valence-corrected chi connectivity index (χ2v) is 7.24. The molecule has 138 valence electrons. The van der Waals surface area contributed by atoms with Crippen molar-refractivity contribution in [3.05, 3.63) is 69.8 Å². The van der Waals surface area contributed by atoms with Gasteiger partial charge in [0.05, 0.1) is 12.6 Å². The first-order valence-corrected chi connectivity index (χ1v) is 9.33. The largest absolute Gasteiger partial charge is 0.507 e. The predicted octanol–water partition coefficient (Wildman–Crippen LogP) is 3.74. The molecule has 0 saturated carbocycles. The summed E-state index contributed by atoms with van der Waals surface area (Å²) in [5.41, 5.74) is 3.39. The monoisotopic (exact) mass is 427 g/mol. The van der Waals surface area contributed by atoms with Gasteiger partial charge in [-0.1, -0.05) is 40.2 Å². The minimum Gasteiger partial charge on any atom is -0.507 e. The van der Waals surface area contributed by atoms with E-state index in [2.05, 4.69) is 26.1 Å². The number of aromatic amines is 1. The van der Waals surface area contributed by atoms with Crippen molar-refractivity contribution in [2.45, 2.75) is 6.04 Å². The summed E-state index contributed by atoms with van der Waals surface area (Å²) in [6.45, 7) is 0.890. The maximum Gasteiger partial charge on any atom is 0.273 e. The Morgan fingerprint density at radius 3 is 2.67 bits per heavy atom. The third kappa shape index (κ3) is 3.02. The van der Waals surface area contributed by atoms with E-state index in [0.717, 1.165) is 15.6 Å². The summed E-state index contributed by atoms with van der Waals surface area (Å²) in [6.07, 6.45) is 0. The highest BCUT2D eigenvalue weighted by molar-refractivity contribution is 9.10. The summed E-state index contributed by atoms with van der Waals surface area (Å²) >= 11 is 3.46. The summed E-state index contributed by atoms with van der Waals surface area (Å²) in [7, 11) is 1.61. The van der Waals surface area contributed by atoms with Crippen molar-refractivity contribution in [2.75, 3.05) is 20.3 Å². The number of methoxy groups -OCH3 is 1. The number of ether oxygens (including phenoxy) is 1. The molecule has 1 aliphatic heterocycles. The SMILES string of the molecule is COCCN1C(=O)c2[nH]nc(-c3ccccc3O)c2[C@@H]1c1ccc(Br)cc1. The Morgan fingerprint density at radius 2 is 1.96 bits per heavy atom. The Hall–Kier alpha value is -2.64. The van der Waals surface area contributed by atoms with E-state index in [0.29, 0.717) is 30.1 Å². The van der Waals surface area contributed by atoms with Crippen LogP contribution in [0.3, 0.4) is 0 Å². The minimum atomic E-state index is -0.302. The quantitative estimate of drug-likeness (QED) is 0.649. The van der Waals surface area contributed by atoms with Crippen molar-refractivity contribution >= 4 is 21.8 Å². The molecule has 0 saturated heterocycles. The molecule has 27 heavy (non-hydrogen) atoms. The maximum atomic E-state index is 13.0. The first-order valence-electron chi connectivity index (χ1n) is 8.53. The van der Waals surface area contributed by atoms with Crippen molar-refractivity contribution in [1.29, 1.82) is 0 Å². The average molecular weight is 428 g/mol. The molecule has 3 aromatic rings. The lowest BCUT2D eigenvalue weighted by atomic mass is 9.96. The van der Waals surface area contributed by atoms with E-state index < -0.39 is 0 Å². The van der Waals surface area contributed by atoms with Crippen LogP contribution in [0.15, 0.2) is 53.0 Å². The molecule has 0 radical (unpaired) electrons. The Kier molecular flexibility index (Phi) is 4.72. The summed E-state index contributed by atoms with van der Waals surface area (Å²) in [4.78, 5) is 14.8. The molecule has 0 fully saturated rings. The fourth-order valence-corrected chi connectivity index (χ4v) is 3.75. The molecular formula is C20H18BrN3O3. The predicted molar refractivity (Wildman–Crippen MR) is 105 cm³/mol. The molecule has 0 aliphatic carbocycles. The van der Waals surface area contributed by atoms with Gasteiger partial charge >= 0.3 is 0 Å². The number of aromatic hydroxyl groups is 1. The van der Waals surface area contributed by atoms with Gasteiger partial charge in [0.2, 0.25) is 0 Å². The number of carbonyl (C=O) groups is 1. The van der Waals surface area contributed by atoms with E-state index in [-0.39, 0.29) is 17.7 Å². The number of hydrogen-bond acceptors (Lipinski definition) is 4. The Labute approximate surface area is 164 Å². The molecule has 1 amide bonds. The smallest absolute Gasteiger partial charge is 0.273 e. The summed E-state index contributed by atoms with van der Waals surface area (Å²) in [5.74, 6) is 0.00767. The number of phenolic OH excluding ortho intramolecular Hbond substituents is 1. The van der Waals surface area contributed by atoms with Crippen LogP contribution in [0.2, 0.25) is 0 Å². The lowest BCUT2D eigenvalue weighted by Crippen LogP contribution is -2.32. The number of amides is 1. The number of halogens is 1. The van der Waals surface area contributed by atoms with Crippen LogP contribution >= 0.6 is 15.9 Å². The van der Waals surface area contributed by atoms with Gasteiger partial charge in [0.1, 0.15) is 17.1 Å². The number of nitrogens with zero attached hydrogens (tertiary/aromatic N) is 2. The van der Waals surface area contributed by atoms with Gasteiger partial charge < -0.3 is 14.7 Å². The lowest BCUT2D eigenvalue weighted by molar-refractivity contribution is 0.0677. The van der Waals surface area contributed by atoms with E-state index in [4.69, 9.17) is 4.74 Å². The number of aromatic nitrogens is 2. The van der Waals surface area contributed by atoms with Crippen molar-refractivity contribution in [3.63, 3.8) is 0 Å². The van der Waals surface area contributed by atoms with Crippen molar-refractivity contribution in [3.8, 4) is 17.0 Å². The van der Waals surface area contributed by atoms with Crippen LogP contribution in [-0.2, 0) is 4.74 Å². The van der Waals surface area contributed by atoms with E-state index in [1.54, 1.807) is 30.2 Å². The molecule has 2 N–H and O–H groups in total. The van der Waals surface area contributed by atoms with Gasteiger partial charge in [-0.3, -0.25) is 9.89 Å². The van der Waals surface area contributed by atoms with E-state index >= 15 is 0 Å². The van der Waals surface area contributed by atoms with Crippen LogP contribution in [-0.4, -0.2) is 46.4 Å². The Morgan fingerprint density at radius 1 is 1.22 bits per heavy atom. The van der Waals surface area contributed by atoms with Gasteiger partial charge in [0, 0.05) is 29.3 Å². The van der Waals surface area contributed by atoms with Crippen LogP contribution in [0.25, 0.3) is 11.3 Å². The molecule has 1 aliphatic rings. The summed E-state index contributed by atoms with van der Waals surface area (Å²) < 4.78 is 6.16. The number of H-pyrrole nitrogens is 1. The standard InChI is InChI=1S/C20H18BrN3O3/c1-27-11-10-24-19(12-6-8-13(21)9-7-12)16-17(22-23-18(16)20(24)26)14-4-2-3-5-15(14)25/h2-9,19,25H,10-11H2,1H3,(H,22,23)/t19-/m0/s1. The molecule has 7 heteroatoms. The number of rotatable bonds is 5. The second kappa shape index (κ2) is 7.17. The lowest BCUT2D eigenvalue weighted by Gasteiger charge is -2.26. The molecule has 0 bridgehead atoms. The third-order valence-electron chi connectivity index (χ3n) is 4.75. The minimum absolute atomic E-state index is 0.121. The van der Waals surface area contributed by atoms with Crippen molar-refractivity contribution < 1.29 is 14.6 Å². The molecule has 2 heterocycles. The first-order chi connectivity index (χ1) is 13.1. The Balaban J connectivity index is 1.88. The van der Waals surface area contributed by atoms with E-state index in [1.165, 1.54) is 0 Å². The molecule has 2 aromatic carbocycles. The number of carbonyl (C=O) groups excluding carboxylic acids is 1. The van der Waals surface area contributed by atoms with Gasteiger partial charge in [-0.25, -0.2) is 0 Å². The number of nitrogens with one attached hydrogen (secondary N) is 1. The normalized spacial score (nSPS) is 16.0. The van der Waals surface area contributed by atoms with Gasteiger partial charge in [0.25, 0.3) is 5.91 Å². The van der Waals surface area contributed by atoms with Gasteiger partial charge in [-0.15, -0.1) is 0 Å². The number of fused-ring (bicyclic) bond motifs is 1. The second-order valence-electron chi connectivity index (χ2n) is 6.32. The molecule has 4 rings (SSSR count). The van der Waals surface area contributed by atoms with E-state index in [9.17, 15) is 9.90 Å². The van der Waals surface area contributed by atoms with Gasteiger partial charge in [-0.05, 0) is 29.8 Å². The Bertz CT molecular complexity index is 984. The third-order valence-corrected chi connectivity index (χ3v) is 5.27. The van der Waals surface area contributed by atoms with Gasteiger partial charge in [-0.2, -0.15) is 5.10 Å². The number of hydrogen-bond donors (Lipinski definition) is 2. The maximum absolute atomic E-state index is 13.0. The first kappa shape index (κ1) is 17.8. The molecule has 0 unspecified atom stereocenters. The topological polar surface area (TPSA) is 78.5 Å². The van der Waals surface area contributed by atoms with Crippen molar-refractivity contribution in [1.82, 2.24) is 15.1 Å². The highest BCUT2D eigenvalue weighted by Crippen LogP contribution is 2.44. The fraction of sp³-hybridized carbons (Fsp3) is 0.200. The highest BCUT2D eigenvalue weighted by atomic mass is 79.9. The molecule has 6 nitrogen and oxygen atoms in total. The molecule has 1 atom stereocenters. The zero-order chi connectivity index (χ0) is 19.0. The van der Waals surface area contributed by atoms with Crippen molar-refractivity contribution in [2.24, 2.45) is 0 Å². The summed E-state index contributed by atoms with van der Waals surface area (Å²) in [5, 5.41) is 17.5. The zero-order valence-electron chi connectivity index (χ0n) is 14.6. The fourth-order valence-electron chi connectivity index (χ4n) is 3.49. The van der Waals surface area contributed by atoms with Crippen LogP contribution in [0, 0.1) is 0 Å². The van der Waals surface area contributed by atoms with Gasteiger partial charge in [0.15, 0.2) is 0 Å². The number of phenols is 1. The molecule has 1 aromatic heterocycles.